The SMILES string of the molecule is Cc1ccc(S(=O)(=O)n2cc(/C=C/C(=O)O)c3ccc(F)cc32)cc1. The van der Waals surface area contributed by atoms with E-state index in [0.29, 0.717) is 10.9 Å². The van der Waals surface area contributed by atoms with E-state index in [1.807, 2.05) is 6.92 Å². The van der Waals surface area contributed by atoms with Crippen molar-refractivity contribution < 1.29 is 22.7 Å². The van der Waals surface area contributed by atoms with Crippen molar-refractivity contribution in [3.05, 3.63) is 71.7 Å². The summed E-state index contributed by atoms with van der Waals surface area (Å²) in [6.45, 7) is 1.84. The second kappa shape index (κ2) is 6.18. The van der Waals surface area contributed by atoms with Crippen LogP contribution in [-0.2, 0) is 14.8 Å². The van der Waals surface area contributed by atoms with E-state index in [4.69, 9.17) is 5.11 Å². The lowest BCUT2D eigenvalue weighted by molar-refractivity contribution is -0.131. The van der Waals surface area contributed by atoms with Gasteiger partial charge in [0.05, 0.1) is 10.4 Å². The van der Waals surface area contributed by atoms with Crippen LogP contribution in [0.25, 0.3) is 17.0 Å². The molecule has 1 N–H and O–H groups in total. The van der Waals surface area contributed by atoms with Crippen molar-refractivity contribution in [1.29, 1.82) is 0 Å². The Balaban J connectivity index is 2.26. The molecule has 0 fully saturated rings. The number of fused-ring (bicyclic) bond motifs is 1. The number of aromatic nitrogens is 1. The van der Waals surface area contributed by atoms with Gasteiger partial charge in [0.15, 0.2) is 0 Å². The molecular formula is C18H14FNO4S. The largest absolute Gasteiger partial charge is 0.478 e. The molecule has 7 heteroatoms. The number of carbonyl (C=O) groups is 1. The molecule has 5 nitrogen and oxygen atoms in total. The van der Waals surface area contributed by atoms with Gasteiger partial charge < -0.3 is 5.11 Å². The van der Waals surface area contributed by atoms with Crippen LogP contribution in [0.3, 0.4) is 0 Å². The van der Waals surface area contributed by atoms with Crippen LogP contribution < -0.4 is 0 Å². The molecule has 0 amide bonds. The Morgan fingerprint density at radius 1 is 1.16 bits per heavy atom. The van der Waals surface area contributed by atoms with Crippen LogP contribution >= 0.6 is 0 Å². The molecule has 1 heterocycles. The van der Waals surface area contributed by atoms with Crippen molar-refractivity contribution in [3.8, 4) is 0 Å². The van der Waals surface area contributed by atoms with Gasteiger partial charge in [0.1, 0.15) is 5.82 Å². The van der Waals surface area contributed by atoms with E-state index in [-0.39, 0.29) is 10.4 Å². The lowest BCUT2D eigenvalue weighted by Crippen LogP contribution is -2.11. The fourth-order valence-electron chi connectivity index (χ4n) is 2.51. The van der Waals surface area contributed by atoms with Gasteiger partial charge in [0, 0.05) is 23.2 Å². The minimum absolute atomic E-state index is 0.0630. The summed E-state index contributed by atoms with van der Waals surface area (Å²) in [7, 11) is -3.95. The number of hydrogen-bond donors (Lipinski definition) is 1. The minimum atomic E-state index is -3.95. The number of aliphatic carboxylic acids is 1. The van der Waals surface area contributed by atoms with E-state index in [2.05, 4.69) is 0 Å². The van der Waals surface area contributed by atoms with Gasteiger partial charge in [0.25, 0.3) is 10.0 Å². The Morgan fingerprint density at radius 3 is 2.48 bits per heavy atom. The molecule has 2 aromatic carbocycles. The highest BCUT2D eigenvalue weighted by Gasteiger charge is 2.21. The zero-order valence-electron chi connectivity index (χ0n) is 13.2. The van der Waals surface area contributed by atoms with Crippen LogP contribution in [0, 0.1) is 12.7 Å². The average molecular weight is 359 g/mol. The Bertz CT molecular complexity index is 1100. The third kappa shape index (κ3) is 3.18. The summed E-state index contributed by atoms with van der Waals surface area (Å²) >= 11 is 0. The van der Waals surface area contributed by atoms with E-state index in [1.165, 1.54) is 36.5 Å². The standard InChI is InChI=1S/C18H14FNO4S/c1-12-2-6-15(7-3-12)25(23,24)20-11-13(4-9-18(21)22)16-8-5-14(19)10-17(16)20/h2-11H,1H3,(H,21,22)/b9-4+. The van der Waals surface area contributed by atoms with Crippen LogP contribution in [0.5, 0.6) is 0 Å². The van der Waals surface area contributed by atoms with E-state index < -0.39 is 21.8 Å². The predicted molar refractivity (Wildman–Crippen MR) is 92.3 cm³/mol. The van der Waals surface area contributed by atoms with E-state index in [0.717, 1.165) is 21.7 Å². The second-order valence-electron chi connectivity index (χ2n) is 5.53. The van der Waals surface area contributed by atoms with Gasteiger partial charge in [-0.25, -0.2) is 21.6 Å². The molecule has 0 radical (unpaired) electrons. The van der Waals surface area contributed by atoms with Crippen molar-refractivity contribution in [3.63, 3.8) is 0 Å². The fourth-order valence-corrected chi connectivity index (χ4v) is 3.88. The number of rotatable bonds is 4. The molecule has 3 aromatic rings. The molecule has 25 heavy (non-hydrogen) atoms. The number of halogens is 1. The number of nitrogens with zero attached hydrogens (tertiary/aromatic N) is 1. The van der Waals surface area contributed by atoms with Gasteiger partial charge in [-0.15, -0.1) is 0 Å². The number of carboxylic acids is 1. The molecule has 0 atom stereocenters. The molecule has 0 aliphatic heterocycles. The molecular weight excluding hydrogens is 345 g/mol. The van der Waals surface area contributed by atoms with Crippen molar-refractivity contribution >= 4 is 33.0 Å². The van der Waals surface area contributed by atoms with Crippen molar-refractivity contribution in [2.45, 2.75) is 11.8 Å². The molecule has 0 spiro atoms. The number of hydrogen-bond acceptors (Lipinski definition) is 3. The van der Waals surface area contributed by atoms with Crippen LogP contribution in [0.15, 0.2) is 59.6 Å². The van der Waals surface area contributed by atoms with Crippen molar-refractivity contribution in [2.24, 2.45) is 0 Å². The van der Waals surface area contributed by atoms with Gasteiger partial charge >= 0.3 is 5.97 Å². The number of carboxylic acid groups (broad SMARTS) is 1. The zero-order chi connectivity index (χ0) is 18.2. The molecule has 0 saturated carbocycles. The molecule has 128 valence electrons. The maximum absolute atomic E-state index is 13.7. The predicted octanol–water partition coefficient (Wildman–Crippen LogP) is 3.42. The summed E-state index contributed by atoms with van der Waals surface area (Å²) in [4.78, 5) is 10.8. The van der Waals surface area contributed by atoms with Crippen LogP contribution in [0.4, 0.5) is 4.39 Å². The summed E-state index contributed by atoms with van der Waals surface area (Å²) in [5, 5.41) is 9.23. The molecule has 0 bridgehead atoms. The van der Waals surface area contributed by atoms with E-state index in [1.54, 1.807) is 12.1 Å². The number of benzene rings is 2. The van der Waals surface area contributed by atoms with E-state index >= 15 is 0 Å². The first kappa shape index (κ1) is 16.9. The molecule has 0 aliphatic rings. The molecule has 0 aliphatic carbocycles. The second-order valence-corrected chi connectivity index (χ2v) is 7.35. The molecule has 1 aromatic heterocycles. The number of aryl methyl sites for hydroxylation is 1. The van der Waals surface area contributed by atoms with Gasteiger partial charge in [0.2, 0.25) is 0 Å². The Morgan fingerprint density at radius 2 is 1.84 bits per heavy atom. The summed E-state index contributed by atoms with van der Waals surface area (Å²) < 4.78 is 40.5. The summed E-state index contributed by atoms with van der Waals surface area (Å²) in [5.74, 6) is -1.75. The van der Waals surface area contributed by atoms with Crippen LogP contribution in [0.2, 0.25) is 0 Å². The maximum atomic E-state index is 13.7. The lowest BCUT2D eigenvalue weighted by atomic mass is 10.1. The van der Waals surface area contributed by atoms with Crippen molar-refractivity contribution in [1.82, 2.24) is 3.97 Å². The first-order valence-corrected chi connectivity index (χ1v) is 8.77. The summed E-state index contributed by atoms with van der Waals surface area (Å²) in [6.07, 6.45) is 3.48. The Labute approximate surface area is 143 Å². The van der Waals surface area contributed by atoms with Gasteiger partial charge in [-0.05, 0) is 43.3 Å². The molecule has 0 unspecified atom stereocenters. The van der Waals surface area contributed by atoms with E-state index in [9.17, 15) is 17.6 Å². The quantitative estimate of drug-likeness (QED) is 0.724. The first-order valence-electron chi connectivity index (χ1n) is 7.33. The fraction of sp³-hybridized carbons (Fsp3) is 0.0556. The summed E-state index contributed by atoms with van der Waals surface area (Å²) in [6, 6.07) is 10.0. The topological polar surface area (TPSA) is 76.4 Å². The highest BCUT2D eigenvalue weighted by atomic mass is 32.2. The lowest BCUT2D eigenvalue weighted by Gasteiger charge is -2.08. The third-order valence-electron chi connectivity index (χ3n) is 3.75. The monoisotopic (exact) mass is 359 g/mol. The van der Waals surface area contributed by atoms with Gasteiger partial charge in [-0.1, -0.05) is 17.7 Å². The summed E-state index contributed by atoms with van der Waals surface area (Å²) in [5.41, 5.74) is 1.42. The minimum Gasteiger partial charge on any atom is -0.478 e. The highest BCUT2D eigenvalue weighted by molar-refractivity contribution is 7.90. The van der Waals surface area contributed by atoms with Crippen LogP contribution in [-0.4, -0.2) is 23.5 Å². The smallest absolute Gasteiger partial charge is 0.328 e. The average Bonchev–Trinajstić information content (AvgIpc) is 2.92. The molecule has 3 rings (SSSR count). The Hall–Kier alpha value is -2.93. The highest BCUT2D eigenvalue weighted by Crippen LogP contribution is 2.27. The normalized spacial score (nSPS) is 12.1. The Kier molecular flexibility index (Phi) is 4.18. The zero-order valence-corrected chi connectivity index (χ0v) is 14.0. The maximum Gasteiger partial charge on any atom is 0.328 e. The van der Waals surface area contributed by atoms with Gasteiger partial charge in [-0.2, -0.15) is 0 Å². The van der Waals surface area contributed by atoms with Gasteiger partial charge in [-0.3, -0.25) is 0 Å². The van der Waals surface area contributed by atoms with Crippen LogP contribution in [0.1, 0.15) is 11.1 Å². The molecule has 0 saturated heterocycles. The first-order chi connectivity index (χ1) is 11.8. The third-order valence-corrected chi connectivity index (χ3v) is 5.44. The van der Waals surface area contributed by atoms with Crippen molar-refractivity contribution in [2.75, 3.05) is 0 Å².